The Kier molecular flexibility index (Phi) is 3.69. The van der Waals surface area contributed by atoms with Crippen molar-refractivity contribution in [1.82, 2.24) is 0 Å². The molecule has 17 heavy (non-hydrogen) atoms. The molecule has 1 saturated heterocycles. The molecule has 0 spiro atoms. The minimum absolute atomic E-state index is 0.123. The van der Waals surface area contributed by atoms with Gasteiger partial charge in [0.2, 0.25) is 0 Å². The molecule has 1 aliphatic heterocycles. The van der Waals surface area contributed by atoms with Gasteiger partial charge in [-0.05, 0) is 38.5 Å². The van der Waals surface area contributed by atoms with Gasteiger partial charge in [0.25, 0.3) is 0 Å². The molecule has 1 unspecified atom stereocenters. The lowest BCUT2D eigenvalue weighted by Crippen LogP contribution is -2.43. The van der Waals surface area contributed by atoms with E-state index in [-0.39, 0.29) is 6.04 Å². The molecule has 0 radical (unpaired) electrons. The van der Waals surface area contributed by atoms with Crippen LogP contribution in [0.2, 0.25) is 0 Å². The summed E-state index contributed by atoms with van der Waals surface area (Å²) in [6, 6.07) is 8.82. The zero-order valence-electron chi connectivity index (χ0n) is 10.9. The number of rotatable bonds is 2. The average molecular weight is 250 g/mol. The summed E-state index contributed by atoms with van der Waals surface area (Å²) in [5, 5.41) is 0. The second-order valence-electron chi connectivity index (χ2n) is 5.41. The Balaban J connectivity index is 2.12. The lowest BCUT2D eigenvalue weighted by Gasteiger charge is -2.39. The Morgan fingerprint density at radius 2 is 1.94 bits per heavy atom. The van der Waals surface area contributed by atoms with Gasteiger partial charge in [-0.15, -0.1) is 0 Å². The highest BCUT2D eigenvalue weighted by Gasteiger charge is 2.26. The van der Waals surface area contributed by atoms with Gasteiger partial charge < -0.3 is 10.6 Å². The van der Waals surface area contributed by atoms with Gasteiger partial charge in [-0.25, -0.2) is 0 Å². The Morgan fingerprint density at radius 3 is 2.47 bits per heavy atom. The van der Waals surface area contributed by atoms with Crippen LogP contribution in [0, 0.1) is 0 Å². The van der Waals surface area contributed by atoms with E-state index in [1.807, 2.05) is 6.92 Å². The molecule has 1 heterocycles. The Morgan fingerprint density at radius 1 is 1.29 bits per heavy atom. The van der Waals surface area contributed by atoms with Gasteiger partial charge in [0.1, 0.15) is 0 Å². The third-order valence-electron chi connectivity index (χ3n) is 3.21. The van der Waals surface area contributed by atoms with Crippen LogP contribution in [0.3, 0.4) is 0 Å². The number of thioether (sulfide) groups is 1. The summed E-state index contributed by atoms with van der Waals surface area (Å²) in [4.78, 5) is 2.47. The topological polar surface area (TPSA) is 29.3 Å². The molecule has 0 aliphatic carbocycles. The van der Waals surface area contributed by atoms with Crippen LogP contribution in [-0.4, -0.2) is 23.6 Å². The van der Waals surface area contributed by atoms with Gasteiger partial charge in [-0.1, -0.05) is 12.1 Å². The Labute approximate surface area is 109 Å². The van der Waals surface area contributed by atoms with E-state index in [9.17, 15) is 0 Å². The normalized spacial score (nSPS) is 21.3. The molecule has 1 fully saturated rings. The molecule has 1 aromatic carbocycles. The fourth-order valence-corrected chi connectivity index (χ4v) is 3.34. The number of nitrogens with two attached hydrogens (primary N) is 1. The van der Waals surface area contributed by atoms with Gasteiger partial charge in [0.15, 0.2) is 0 Å². The van der Waals surface area contributed by atoms with E-state index < -0.39 is 0 Å². The van der Waals surface area contributed by atoms with E-state index in [1.165, 1.54) is 17.0 Å². The summed E-state index contributed by atoms with van der Waals surface area (Å²) in [6.45, 7) is 8.93. The highest BCUT2D eigenvalue weighted by Crippen LogP contribution is 2.32. The zero-order valence-corrected chi connectivity index (χ0v) is 11.8. The summed E-state index contributed by atoms with van der Waals surface area (Å²) in [6.07, 6.45) is 0. The molecule has 0 aromatic heterocycles. The fourth-order valence-electron chi connectivity index (χ4n) is 2.23. The van der Waals surface area contributed by atoms with Gasteiger partial charge in [-0.2, -0.15) is 11.8 Å². The first-order valence-electron chi connectivity index (χ1n) is 6.22. The Hall–Kier alpha value is -0.670. The second-order valence-corrected chi connectivity index (χ2v) is 7.21. The molecule has 0 amide bonds. The molecule has 2 rings (SSSR count). The summed E-state index contributed by atoms with van der Waals surface area (Å²) in [5.41, 5.74) is 8.40. The van der Waals surface area contributed by atoms with E-state index >= 15 is 0 Å². The predicted molar refractivity (Wildman–Crippen MR) is 77.8 cm³/mol. The van der Waals surface area contributed by atoms with Gasteiger partial charge in [0, 0.05) is 35.3 Å². The van der Waals surface area contributed by atoms with Crippen molar-refractivity contribution >= 4 is 17.4 Å². The molecule has 2 N–H and O–H groups in total. The van der Waals surface area contributed by atoms with Crippen molar-refractivity contribution in [3.8, 4) is 0 Å². The summed E-state index contributed by atoms with van der Waals surface area (Å²) in [7, 11) is 0. The van der Waals surface area contributed by atoms with Gasteiger partial charge in [0.05, 0.1) is 0 Å². The van der Waals surface area contributed by atoms with Crippen LogP contribution in [0.1, 0.15) is 32.4 Å². The lowest BCUT2D eigenvalue weighted by molar-refractivity contribution is 0.647. The van der Waals surface area contributed by atoms with Gasteiger partial charge >= 0.3 is 0 Å². The van der Waals surface area contributed by atoms with Gasteiger partial charge in [-0.3, -0.25) is 0 Å². The SMILES string of the molecule is CC(N)c1ccc(N2CCSC(C)(C)C2)cc1. The molecule has 1 aliphatic rings. The highest BCUT2D eigenvalue weighted by atomic mass is 32.2. The smallest absolute Gasteiger partial charge is 0.0367 e. The molecular weight excluding hydrogens is 228 g/mol. The third-order valence-corrected chi connectivity index (χ3v) is 4.51. The first kappa shape index (κ1) is 12.8. The number of benzene rings is 1. The predicted octanol–water partition coefficient (Wildman–Crippen LogP) is 3.04. The van der Waals surface area contributed by atoms with Crippen molar-refractivity contribution in [1.29, 1.82) is 0 Å². The number of hydrogen-bond acceptors (Lipinski definition) is 3. The molecule has 0 saturated carbocycles. The molecule has 1 atom stereocenters. The molecule has 2 nitrogen and oxygen atoms in total. The number of nitrogens with zero attached hydrogens (tertiary/aromatic N) is 1. The van der Waals surface area contributed by atoms with Crippen molar-refractivity contribution in [2.45, 2.75) is 31.6 Å². The molecule has 3 heteroatoms. The molecule has 0 bridgehead atoms. The van der Waals surface area contributed by atoms with Crippen molar-refractivity contribution < 1.29 is 0 Å². The quantitative estimate of drug-likeness (QED) is 0.875. The molecule has 1 aromatic rings. The summed E-state index contributed by atoms with van der Waals surface area (Å²) >= 11 is 2.07. The fraction of sp³-hybridized carbons (Fsp3) is 0.571. The third kappa shape index (κ3) is 3.17. The monoisotopic (exact) mass is 250 g/mol. The maximum Gasteiger partial charge on any atom is 0.0367 e. The van der Waals surface area contributed by atoms with Crippen LogP contribution in [0.4, 0.5) is 5.69 Å². The van der Waals surface area contributed by atoms with Crippen LogP contribution in [0.15, 0.2) is 24.3 Å². The van der Waals surface area contributed by atoms with Crippen LogP contribution < -0.4 is 10.6 Å². The average Bonchev–Trinajstić information content (AvgIpc) is 2.28. The minimum atomic E-state index is 0.123. The first-order valence-corrected chi connectivity index (χ1v) is 7.21. The summed E-state index contributed by atoms with van der Waals surface area (Å²) in [5.74, 6) is 1.21. The summed E-state index contributed by atoms with van der Waals surface area (Å²) < 4.78 is 0.359. The van der Waals surface area contributed by atoms with Crippen molar-refractivity contribution in [3.05, 3.63) is 29.8 Å². The van der Waals surface area contributed by atoms with Crippen molar-refractivity contribution in [2.75, 3.05) is 23.7 Å². The van der Waals surface area contributed by atoms with E-state index in [0.29, 0.717) is 4.75 Å². The number of hydrogen-bond donors (Lipinski definition) is 1. The van der Waals surface area contributed by atoms with E-state index in [1.54, 1.807) is 0 Å². The van der Waals surface area contributed by atoms with Crippen molar-refractivity contribution in [3.63, 3.8) is 0 Å². The minimum Gasteiger partial charge on any atom is -0.369 e. The standard InChI is InChI=1S/C14H22N2S/c1-11(15)12-4-6-13(7-5-12)16-8-9-17-14(2,3)10-16/h4-7,11H,8-10,15H2,1-3H3. The number of anilines is 1. The van der Waals surface area contributed by atoms with Crippen LogP contribution in [0.5, 0.6) is 0 Å². The van der Waals surface area contributed by atoms with Crippen molar-refractivity contribution in [2.24, 2.45) is 5.73 Å². The van der Waals surface area contributed by atoms with Crippen LogP contribution >= 0.6 is 11.8 Å². The van der Waals surface area contributed by atoms with E-state index in [4.69, 9.17) is 5.73 Å². The van der Waals surface area contributed by atoms with Crippen LogP contribution in [0.25, 0.3) is 0 Å². The van der Waals surface area contributed by atoms with Crippen LogP contribution in [-0.2, 0) is 0 Å². The molecular formula is C14H22N2S. The largest absolute Gasteiger partial charge is 0.369 e. The van der Waals surface area contributed by atoms with E-state index in [0.717, 1.165) is 13.1 Å². The highest BCUT2D eigenvalue weighted by molar-refractivity contribution is 8.00. The Bertz CT molecular complexity index is 370. The lowest BCUT2D eigenvalue weighted by atomic mass is 10.1. The maximum atomic E-state index is 5.87. The molecule has 94 valence electrons. The first-order chi connectivity index (χ1) is 7.98. The maximum absolute atomic E-state index is 5.87. The second kappa shape index (κ2) is 4.91. The van der Waals surface area contributed by atoms with E-state index in [2.05, 4.69) is 54.8 Å². The zero-order chi connectivity index (χ0) is 12.5.